The lowest BCUT2D eigenvalue weighted by molar-refractivity contribution is -0.146. The van der Waals surface area contributed by atoms with Gasteiger partial charge in [0, 0.05) is 5.69 Å². The van der Waals surface area contributed by atoms with Crippen LogP contribution in [0.5, 0.6) is 0 Å². The third-order valence-corrected chi connectivity index (χ3v) is 5.26. The predicted molar refractivity (Wildman–Crippen MR) is 84.2 cm³/mol. The molecule has 4 atom stereocenters. The first-order valence-electron chi connectivity index (χ1n) is 7.94. The van der Waals surface area contributed by atoms with Gasteiger partial charge in [-0.3, -0.25) is 9.59 Å². The number of aliphatic carboxylic acids is 1. The molecule has 0 saturated carbocycles. The predicted octanol–water partition coefficient (Wildman–Crippen LogP) is 2.18. The second kappa shape index (κ2) is 4.68. The van der Waals surface area contributed by atoms with Gasteiger partial charge in [-0.1, -0.05) is 38.1 Å². The number of nitrogens with zero attached hydrogens (tertiary/aromatic N) is 1. The highest BCUT2D eigenvalue weighted by Gasteiger charge is 2.67. The molecule has 2 bridgehead atoms. The summed E-state index contributed by atoms with van der Waals surface area (Å²) in [5.41, 5.74) is 1.23. The van der Waals surface area contributed by atoms with Gasteiger partial charge in [-0.05, 0) is 23.6 Å². The van der Waals surface area contributed by atoms with Crippen LogP contribution in [0.2, 0.25) is 0 Å². The van der Waals surface area contributed by atoms with Crippen LogP contribution in [-0.4, -0.2) is 35.2 Å². The molecule has 120 valence electrons. The Morgan fingerprint density at radius 2 is 2.04 bits per heavy atom. The fourth-order valence-corrected chi connectivity index (χ4v) is 4.04. The van der Waals surface area contributed by atoms with Gasteiger partial charge >= 0.3 is 5.97 Å². The van der Waals surface area contributed by atoms with Crippen molar-refractivity contribution in [3.63, 3.8) is 0 Å². The largest absolute Gasteiger partial charge is 0.481 e. The Balaban J connectivity index is 1.67. The van der Waals surface area contributed by atoms with E-state index in [1.807, 2.05) is 30.3 Å². The van der Waals surface area contributed by atoms with E-state index < -0.39 is 29.5 Å². The number of anilines is 1. The molecule has 4 rings (SSSR count). The number of fused-ring (bicyclic) bond motifs is 1. The number of carboxylic acid groups (broad SMARTS) is 1. The highest BCUT2D eigenvalue weighted by Crippen LogP contribution is 2.52. The maximum atomic E-state index is 12.9. The topological polar surface area (TPSA) is 66.8 Å². The molecule has 0 radical (unpaired) electrons. The van der Waals surface area contributed by atoms with Gasteiger partial charge in [0.15, 0.2) is 0 Å². The number of hydrogen-bond acceptors (Lipinski definition) is 3. The Bertz CT molecular complexity index is 708. The molecule has 5 heteroatoms. The molecule has 2 saturated heterocycles. The summed E-state index contributed by atoms with van der Waals surface area (Å²) < 4.78 is 5.89. The maximum absolute atomic E-state index is 12.9. The molecule has 1 aromatic carbocycles. The van der Waals surface area contributed by atoms with Crippen LogP contribution in [0.15, 0.2) is 36.4 Å². The summed E-state index contributed by atoms with van der Waals surface area (Å²) >= 11 is 0. The number of amides is 1. The van der Waals surface area contributed by atoms with Crippen LogP contribution < -0.4 is 4.90 Å². The molecular weight excluding hydrogens is 294 g/mol. The molecule has 1 amide bonds. The third-order valence-electron chi connectivity index (χ3n) is 5.26. The van der Waals surface area contributed by atoms with Gasteiger partial charge in [-0.25, -0.2) is 0 Å². The Morgan fingerprint density at radius 1 is 1.35 bits per heavy atom. The van der Waals surface area contributed by atoms with Crippen molar-refractivity contribution >= 4 is 17.6 Å². The van der Waals surface area contributed by atoms with Gasteiger partial charge in [0.05, 0.1) is 18.6 Å². The second-order valence-electron chi connectivity index (χ2n) is 6.91. The highest BCUT2D eigenvalue weighted by atomic mass is 16.5. The van der Waals surface area contributed by atoms with Crippen molar-refractivity contribution < 1.29 is 19.4 Å². The lowest BCUT2D eigenvalue weighted by atomic mass is 9.77. The summed E-state index contributed by atoms with van der Waals surface area (Å²) in [7, 11) is 0. The van der Waals surface area contributed by atoms with Gasteiger partial charge in [-0.2, -0.15) is 0 Å². The Hall–Kier alpha value is -2.14. The molecule has 0 aliphatic carbocycles. The molecule has 5 nitrogen and oxygen atoms in total. The van der Waals surface area contributed by atoms with E-state index in [2.05, 4.69) is 13.8 Å². The monoisotopic (exact) mass is 313 g/mol. The second-order valence-corrected chi connectivity index (χ2v) is 6.91. The third kappa shape index (κ3) is 1.89. The Kier molecular flexibility index (Phi) is 2.94. The van der Waals surface area contributed by atoms with Crippen LogP contribution in [0.4, 0.5) is 5.69 Å². The summed E-state index contributed by atoms with van der Waals surface area (Å²) in [6.07, 6.45) is 3.18. The van der Waals surface area contributed by atoms with Crippen LogP contribution in [0.1, 0.15) is 25.3 Å². The smallest absolute Gasteiger partial charge is 0.310 e. The molecule has 2 fully saturated rings. The van der Waals surface area contributed by atoms with Gasteiger partial charge in [0.25, 0.3) is 0 Å². The number of carbonyl (C=O) groups excluding carboxylic acids is 1. The Morgan fingerprint density at radius 3 is 2.65 bits per heavy atom. The number of rotatable bonds is 3. The van der Waals surface area contributed by atoms with Crippen molar-refractivity contribution in [3.05, 3.63) is 42.0 Å². The molecule has 1 aromatic rings. The average molecular weight is 313 g/mol. The molecule has 23 heavy (non-hydrogen) atoms. The maximum Gasteiger partial charge on any atom is 0.310 e. The zero-order chi connectivity index (χ0) is 16.4. The van der Waals surface area contributed by atoms with E-state index in [0.29, 0.717) is 12.5 Å². The van der Waals surface area contributed by atoms with Gasteiger partial charge < -0.3 is 14.7 Å². The summed E-state index contributed by atoms with van der Waals surface area (Å²) in [6, 6.07) is 7.89. The average Bonchev–Trinajstić information content (AvgIpc) is 3.15. The minimum atomic E-state index is -0.961. The van der Waals surface area contributed by atoms with Gasteiger partial charge in [0.2, 0.25) is 5.91 Å². The van der Waals surface area contributed by atoms with Crippen molar-refractivity contribution in [1.82, 2.24) is 0 Å². The van der Waals surface area contributed by atoms with E-state index in [4.69, 9.17) is 4.74 Å². The summed E-state index contributed by atoms with van der Waals surface area (Å²) in [6.45, 7) is 4.62. The van der Waals surface area contributed by atoms with Crippen molar-refractivity contribution in [1.29, 1.82) is 0 Å². The van der Waals surface area contributed by atoms with Crippen molar-refractivity contribution in [2.45, 2.75) is 31.5 Å². The van der Waals surface area contributed by atoms with E-state index in [-0.39, 0.29) is 5.91 Å². The molecule has 3 aliphatic heterocycles. The van der Waals surface area contributed by atoms with E-state index in [9.17, 15) is 14.7 Å². The molecule has 3 aliphatic rings. The van der Waals surface area contributed by atoms with Crippen molar-refractivity contribution in [2.24, 2.45) is 11.8 Å². The first-order chi connectivity index (χ1) is 10.9. The van der Waals surface area contributed by atoms with Crippen molar-refractivity contribution in [3.8, 4) is 0 Å². The number of benzene rings is 1. The number of carboxylic acids is 1. The number of carbonyl (C=O) groups is 2. The normalized spacial score (nSPS) is 34.5. The minimum Gasteiger partial charge on any atom is -0.481 e. The molecule has 1 spiro atoms. The number of hydrogen-bond donors (Lipinski definition) is 1. The molecular formula is C18H19NO4. The first-order valence-corrected chi connectivity index (χ1v) is 7.94. The van der Waals surface area contributed by atoms with Crippen LogP contribution in [-0.2, 0) is 14.3 Å². The zero-order valence-electron chi connectivity index (χ0n) is 13.1. The van der Waals surface area contributed by atoms with E-state index >= 15 is 0 Å². The molecule has 3 heterocycles. The van der Waals surface area contributed by atoms with E-state index in [1.165, 1.54) is 5.56 Å². The molecule has 0 unspecified atom stereocenters. The SMILES string of the molecule is CC(C)c1ccc(N2C[C@]34C=C[C@@H](O3)[C@@H](C(=O)O)[C@@H]4C2=O)cc1. The van der Waals surface area contributed by atoms with Crippen LogP contribution in [0, 0.1) is 11.8 Å². The van der Waals surface area contributed by atoms with Crippen molar-refractivity contribution in [2.75, 3.05) is 11.4 Å². The first kappa shape index (κ1) is 14.5. The van der Waals surface area contributed by atoms with Crippen LogP contribution in [0.3, 0.4) is 0 Å². The minimum absolute atomic E-state index is 0.151. The van der Waals surface area contributed by atoms with E-state index in [1.54, 1.807) is 11.0 Å². The fourth-order valence-electron chi connectivity index (χ4n) is 4.04. The Labute approximate surface area is 134 Å². The lowest BCUT2D eigenvalue weighted by Crippen LogP contribution is -2.39. The van der Waals surface area contributed by atoms with Gasteiger partial charge in [-0.15, -0.1) is 0 Å². The fraction of sp³-hybridized carbons (Fsp3) is 0.444. The van der Waals surface area contributed by atoms with E-state index in [0.717, 1.165) is 5.69 Å². The number of ether oxygens (including phenoxy) is 1. The lowest BCUT2D eigenvalue weighted by Gasteiger charge is -2.21. The summed E-state index contributed by atoms with van der Waals surface area (Å²) in [5, 5.41) is 9.47. The van der Waals surface area contributed by atoms with Gasteiger partial charge in [0.1, 0.15) is 11.5 Å². The molecule has 0 aromatic heterocycles. The quantitative estimate of drug-likeness (QED) is 0.869. The van der Waals surface area contributed by atoms with Crippen LogP contribution in [0.25, 0.3) is 0 Å². The highest BCUT2D eigenvalue weighted by molar-refractivity contribution is 6.02. The zero-order valence-corrected chi connectivity index (χ0v) is 13.1. The summed E-state index contributed by atoms with van der Waals surface area (Å²) in [5.74, 6) is -2.10. The molecule has 1 N–H and O–H groups in total. The standard InChI is InChI=1S/C18H19NO4/c1-10(2)11-3-5-12(6-4-11)19-9-18-8-7-13(23-18)14(17(21)22)15(18)16(19)20/h3-8,10,13-15H,9H2,1-2H3,(H,21,22)/t13-,14-,15-,18+/m1/s1. The summed E-state index contributed by atoms with van der Waals surface area (Å²) in [4.78, 5) is 26.1. The van der Waals surface area contributed by atoms with Crippen LogP contribution >= 0.6 is 0 Å².